The van der Waals surface area contributed by atoms with Gasteiger partial charge in [-0.15, -0.1) is 0 Å². The summed E-state index contributed by atoms with van der Waals surface area (Å²) in [4.78, 5) is 4.54. The Morgan fingerprint density at radius 1 is 1.00 bits per heavy atom. The van der Waals surface area contributed by atoms with Crippen molar-refractivity contribution in [3.05, 3.63) is 66.0 Å². The van der Waals surface area contributed by atoms with E-state index in [1.165, 1.54) is 0 Å². The van der Waals surface area contributed by atoms with Gasteiger partial charge in [0.25, 0.3) is 0 Å². The van der Waals surface area contributed by atoms with E-state index < -0.39 is 0 Å². The van der Waals surface area contributed by atoms with E-state index in [4.69, 9.17) is 5.73 Å². The Bertz CT molecular complexity index is 722. The summed E-state index contributed by atoms with van der Waals surface area (Å²) in [5.74, 6) is 1.58. The minimum Gasteiger partial charge on any atom is -0.326 e. The van der Waals surface area contributed by atoms with Crippen LogP contribution in [0.15, 0.2) is 54.6 Å². The Kier molecular flexibility index (Phi) is 5.02. The molecule has 0 amide bonds. The molecule has 3 aromatic rings. The summed E-state index contributed by atoms with van der Waals surface area (Å²) >= 11 is 0. The summed E-state index contributed by atoms with van der Waals surface area (Å²) in [5, 5.41) is 4.52. The summed E-state index contributed by atoms with van der Waals surface area (Å²) in [6.45, 7) is 2.37. The van der Waals surface area contributed by atoms with Gasteiger partial charge in [-0.3, -0.25) is 0 Å². The zero-order valence-corrected chi connectivity index (χ0v) is 14.1. The summed E-state index contributed by atoms with van der Waals surface area (Å²) in [7, 11) is 0. The van der Waals surface area contributed by atoms with Gasteiger partial charge in [-0.05, 0) is 18.6 Å². The van der Waals surface area contributed by atoms with Gasteiger partial charge < -0.3 is 5.73 Å². The normalized spacial score (nSPS) is 10.2. The largest absolute Gasteiger partial charge is 0.326 e. The second kappa shape index (κ2) is 6.76. The van der Waals surface area contributed by atoms with Crippen LogP contribution >= 0.6 is 0 Å². The molecule has 0 atom stereocenters. The molecule has 0 bridgehead atoms. The van der Waals surface area contributed by atoms with Gasteiger partial charge in [-0.1, -0.05) is 48.5 Å². The smallest absolute Gasteiger partial charge is 0.163 e. The zero-order valence-electron chi connectivity index (χ0n) is 11.7. The first-order chi connectivity index (χ1) is 9.79. The fourth-order valence-electron chi connectivity index (χ4n) is 2.25. The molecule has 0 aliphatic rings. The molecule has 0 saturated carbocycles. The second-order valence-electron chi connectivity index (χ2n) is 4.59. The molecule has 1 heterocycles. The van der Waals surface area contributed by atoms with Crippen LogP contribution in [0.2, 0.25) is 0 Å². The van der Waals surface area contributed by atoms with Crippen LogP contribution in [-0.4, -0.2) is 14.8 Å². The van der Waals surface area contributed by atoms with Gasteiger partial charge in [0.15, 0.2) is 5.82 Å². The second-order valence-corrected chi connectivity index (χ2v) is 4.59. The predicted octanol–water partition coefficient (Wildman–Crippen LogP) is 2.70. The van der Waals surface area contributed by atoms with Crippen molar-refractivity contribution in [3.8, 4) is 17.1 Å². The minimum atomic E-state index is 0. The molecule has 1 radical (unpaired) electrons. The predicted molar refractivity (Wildman–Crippen MR) is 79.4 cm³/mol. The maximum atomic E-state index is 5.82. The van der Waals surface area contributed by atoms with Crippen molar-refractivity contribution in [2.75, 3.05) is 0 Å². The third-order valence-corrected chi connectivity index (χ3v) is 3.18. The van der Waals surface area contributed by atoms with E-state index in [2.05, 4.69) is 10.1 Å². The van der Waals surface area contributed by atoms with Crippen molar-refractivity contribution in [1.29, 1.82) is 0 Å². The Morgan fingerprint density at radius 2 is 1.67 bits per heavy atom. The molecule has 109 valence electrons. The van der Waals surface area contributed by atoms with E-state index in [-0.39, 0.29) is 20.1 Å². The average molecular weight is 457 g/mol. The van der Waals surface area contributed by atoms with Crippen LogP contribution in [-0.2, 0) is 26.7 Å². The zero-order chi connectivity index (χ0) is 13.9. The molecule has 0 aliphatic heterocycles. The first-order valence-electron chi connectivity index (χ1n) is 6.57. The van der Waals surface area contributed by atoms with E-state index in [0.717, 1.165) is 28.5 Å². The molecule has 0 fully saturated rings. The molecule has 21 heavy (non-hydrogen) atoms. The number of nitrogens with zero attached hydrogens (tertiary/aromatic N) is 3. The van der Waals surface area contributed by atoms with Gasteiger partial charge in [-0.25, -0.2) is 9.67 Å². The molecule has 4 nitrogen and oxygen atoms in total. The number of rotatable bonds is 3. The van der Waals surface area contributed by atoms with Crippen LogP contribution in [0.5, 0.6) is 0 Å². The third kappa shape index (κ3) is 3.10. The van der Waals surface area contributed by atoms with Gasteiger partial charge in [0.05, 0.1) is 5.69 Å². The van der Waals surface area contributed by atoms with E-state index in [1.807, 2.05) is 66.2 Å². The molecule has 0 spiro atoms. The Labute approximate surface area is 137 Å². The van der Waals surface area contributed by atoms with Crippen molar-refractivity contribution in [2.24, 2.45) is 5.73 Å². The van der Waals surface area contributed by atoms with E-state index in [9.17, 15) is 0 Å². The summed E-state index contributed by atoms with van der Waals surface area (Å²) in [6, 6.07) is 18.1. The molecular weight excluding hydrogens is 440 g/mol. The number of aromatic nitrogens is 3. The number of hydrogen-bond acceptors (Lipinski definition) is 3. The van der Waals surface area contributed by atoms with Crippen LogP contribution in [0.25, 0.3) is 17.1 Å². The monoisotopic (exact) mass is 457 g/mol. The van der Waals surface area contributed by atoms with Gasteiger partial charge in [0.1, 0.15) is 5.82 Å². The maximum Gasteiger partial charge on any atom is 0.163 e. The number of para-hydroxylation sites is 1. The molecule has 1 aromatic heterocycles. The first-order valence-corrected chi connectivity index (χ1v) is 6.57. The molecule has 5 heteroatoms. The van der Waals surface area contributed by atoms with Gasteiger partial charge >= 0.3 is 0 Å². The van der Waals surface area contributed by atoms with Crippen molar-refractivity contribution in [3.63, 3.8) is 0 Å². The fourth-order valence-corrected chi connectivity index (χ4v) is 2.25. The van der Waals surface area contributed by atoms with Crippen LogP contribution in [0.1, 0.15) is 11.4 Å². The van der Waals surface area contributed by atoms with Gasteiger partial charge in [0.2, 0.25) is 0 Å². The van der Waals surface area contributed by atoms with Gasteiger partial charge in [-0.2, -0.15) is 5.10 Å². The first kappa shape index (κ1) is 15.6. The summed E-state index contributed by atoms with van der Waals surface area (Å²) in [6.07, 6.45) is 0. The van der Waals surface area contributed by atoms with E-state index in [0.29, 0.717) is 6.54 Å². The Morgan fingerprint density at radius 3 is 2.38 bits per heavy atom. The fraction of sp³-hybridized carbons (Fsp3) is 0.125. The SMILES string of the molecule is Cc1nc(-c2ccccc2)n(-c2ccccc2CN)n1.[Ir]. The number of benzene rings is 2. The Hall–Kier alpha value is -1.81. The van der Waals surface area contributed by atoms with Crippen LogP contribution in [0.4, 0.5) is 0 Å². The van der Waals surface area contributed by atoms with Crippen LogP contribution in [0, 0.1) is 6.92 Å². The molecular formula is C16H16IrN4. The standard InChI is InChI=1S/C16H16N4.Ir/c1-12-18-16(13-7-3-2-4-8-13)20(19-12)15-10-6-5-9-14(15)11-17;/h2-10H,11,17H2,1H3;. The van der Waals surface area contributed by atoms with Crippen molar-refractivity contribution in [1.82, 2.24) is 14.8 Å². The molecule has 0 unspecified atom stereocenters. The van der Waals surface area contributed by atoms with Crippen molar-refractivity contribution in [2.45, 2.75) is 13.5 Å². The van der Waals surface area contributed by atoms with Crippen LogP contribution in [0.3, 0.4) is 0 Å². The number of nitrogens with two attached hydrogens (primary N) is 1. The third-order valence-electron chi connectivity index (χ3n) is 3.18. The molecule has 3 rings (SSSR count). The molecule has 0 aliphatic carbocycles. The quantitative estimate of drug-likeness (QED) is 0.660. The van der Waals surface area contributed by atoms with E-state index in [1.54, 1.807) is 0 Å². The van der Waals surface area contributed by atoms with Crippen LogP contribution < -0.4 is 5.73 Å². The molecule has 0 saturated heterocycles. The van der Waals surface area contributed by atoms with Gasteiger partial charge in [0, 0.05) is 32.2 Å². The topological polar surface area (TPSA) is 56.7 Å². The average Bonchev–Trinajstić information content (AvgIpc) is 2.90. The molecule has 2 N–H and O–H groups in total. The minimum absolute atomic E-state index is 0. The summed E-state index contributed by atoms with van der Waals surface area (Å²) < 4.78 is 1.87. The number of aryl methyl sites for hydroxylation is 1. The summed E-state index contributed by atoms with van der Waals surface area (Å²) in [5.41, 5.74) is 8.90. The van der Waals surface area contributed by atoms with Crippen molar-refractivity contribution >= 4 is 0 Å². The molecule has 2 aromatic carbocycles. The number of hydrogen-bond donors (Lipinski definition) is 1. The maximum absolute atomic E-state index is 5.82. The van der Waals surface area contributed by atoms with E-state index >= 15 is 0 Å². The van der Waals surface area contributed by atoms with Crippen molar-refractivity contribution < 1.29 is 20.1 Å². The Balaban J connectivity index is 0.00000161.